The zero-order valence-electron chi connectivity index (χ0n) is 40.6. The van der Waals surface area contributed by atoms with Crippen LogP contribution in [0.1, 0.15) is 114 Å². The third kappa shape index (κ3) is 8.59. The fourth-order valence-corrected chi connectivity index (χ4v) is 10.5. The maximum atomic E-state index is 13.5. The van der Waals surface area contributed by atoms with Crippen molar-refractivity contribution < 1.29 is 38.1 Å². The maximum Gasteiger partial charge on any atom is 0.338 e. The molecule has 10 aliphatic rings. The summed E-state index contributed by atoms with van der Waals surface area (Å²) in [6.45, 7) is 7.76. The van der Waals surface area contributed by atoms with Gasteiger partial charge in [-0.25, -0.2) is 19.2 Å². The summed E-state index contributed by atoms with van der Waals surface area (Å²) in [5, 5.41) is 0. The van der Waals surface area contributed by atoms with Crippen LogP contribution in [-0.4, -0.2) is 50.3 Å². The van der Waals surface area contributed by atoms with Gasteiger partial charge in [-0.1, -0.05) is 170 Å². The Morgan fingerprint density at radius 1 is 0.306 bits per heavy atom. The molecule has 10 aliphatic carbocycles. The molecule has 0 aliphatic heterocycles. The van der Waals surface area contributed by atoms with Gasteiger partial charge in [0, 0.05) is 11.8 Å². The summed E-state index contributed by atoms with van der Waals surface area (Å²) in [7, 11) is 0. The third-order valence-corrected chi connectivity index (χ3v) is 13.6. The molecule has 2 atom stereocenters. The van der Waals surface area contributed by atoms with E-state index >= 15 is 0 Å². The van der Waals surface area contributed by atoms with Gasteiger partial charge < -0.3 is 18.9 Å². The molecule has 0 N–H and O–H groups in total. The number of hydrogen-bond acceptors (Lipinski definition) is 8. The maximum absolute atomic E-state index is 13.5. The normalized spacial score (nSPS) is 12.2. The van der Waals surface area contributed by atoms with E-state index in [1.807, 2.05) is 54.6 Å². The van der Waals surface area contributed by atoms with Crippen molar-refractivity contribution >= 4 is 23.9 Å². The second-order valence-electron chi connectivity index (χ2n) is 17.6. The summed E-state index contributed by atoms with van der Waals surface area (Å²) in [5.74, 6) is -2.78. The molecular formula is C64H52O8. The third-order valence-electron chi connectivity index (χ3n) is 13.6. The standard InChI is InChI=1S/C64H52O8/c1-5-69-61(65)55-37-56(62(66)70-6-2)48-31-27-41(26-30-47(48)55)59(51-34-24-39-18-12-9-14-20-43(39)51)53-36-54(46-23-17-11-16-22-45(46)53)60(52-35-25-40-19-13-10-15-21-44(40)52)42-28-32-49-50(33-29-42)58(64(68)72-8-4)38-57(49)63(67)71-7-3/h9-38,59-60H,5-8H2,1-4H3. The molecule has 0 spiro atoms. The Kier molecular flexibility index (Phi) is 13.3. The lowest BCUT2D eigenvalue weighted by atomic mass is 9.83. The van der Waals surface area contributed by atoms with Crippen molar-refractivity contribution in [2.75, 3.05) is 26.4 Å². The van der Waals surface area contributed by atoms with Crippen LogP contribution in [0.4, 0.5) is 0 Å². The minimum absolute atomic E-state index is 0.181. The van der Waals surface area contributed by atoms with Crippen molar-refractivity contribution in [3.8, 4) is 55.6 Å². The molecular weight excluding hydrogens is 897 g/mol. The van der Waals surface area contributed by atoms with Crippen molar-refractivity contribution in [3.63, 3.8) is 0 Å². The van der Waals surface area contributed by atoms with Crippen LogP contribution in [-0.2, 0) is 18.9 Å². The fourth-order valence-electron chi connectivity index (χ4n) is 10.5. The van der Waals surface area contributed by atoms with E-state index in [-0.39, 0.29) is 38.3 Å². The van der Waals surface area contributed by atoms with Gasteiger partial charge in [0.1, 0.15) is 0 Å². The lowest BCUT2D eigenvalue weighted by Crippen LogP contribution is -2.05. The van der Waals surface area contributed by atoms with E-state index in [2.05, 4.69) is 115 Å². The molecule has 8 nitrogen and oxygen atoms in total. The Balaban J connectivity index is 1.25. The quantitative estimate of drug-likeness (QED) is 0.0784. The largest absolute Gasteiger partial charge is 0.462 e. The first-order valence-electron chi connectivity index (χ1n) is 24.5. The predicted octanol–water partition coefficient (Wildman–Crippen LogP) is 14.3. The SMILES string of the molecule is CCOC(=O)c1cc(C(=O)OCC)c2ccc(C(c3ccc4cccccc3-4)c3cc(C(c4ccc5c(C(=O)OCC)cc(C(=O)OCC)c-5cc4)c4ccc5cccccc4-5)c4cccccc3-4)ccc1-2. The second-order valence-corrected chi connectivity index (χ2v) is 17.6. The molecule has 356 valence electrons. The molecule has 0 aromatic rings. The molecule has 0 amide bonds. The zero-order chi connectivity index (χ0) is 49.9. The van der Waals surface area contributed by atoms with Crippen LogP contribution < -0.4 is 0 Å². The van der Waals surface area contributed by atoms with Crippen molar-refractivity contribution in [2.45, 2.75) is 39.5 Å². The number of hydrogen-bond donors (Lipinski definition) is 0. The second kappa shape index (κ2) is 20.4. The van der Waals surface area contributed by atoms with Gasteiger partial charge in [0.25, 0.3) is 0 Å². The number of fused-ring (bicyclic) bond motifs is 5. The molecule has 0 saturated heterocycles. The van der Waals surface area contributed by atoms with Gasteiger partial charge in [-0.15, -0.1) is 0 Å². The predicted molar refractivity (Wildman–Crippen MR) is 281 cm³/mol. The molecule has 0 bridgehead atoms. The number of ether oxygens (including phenoxy) is 4. The molecule has 10 rings (SSSR count). The molecule has 0 saturated carbocycles. The highest BCUT2D eigenvalue weighted by molar-refractivity contribution is 6.09. The van der Waals surface area contributed by atoms with Crippen molar-refractivity contribution in [1.82, 2.24) is 0 Å². The summed E-state index contributed by atoms with van der Waals surface area (Å²) in [5.41, 5.74) is 16.1. The van der Waals surface area contributed by atoms with Crippen LogP contribution in [0.2, 0.25) is 0 Å². The van der Waals surface area contributed by atoms with Crippen LogP contribution in [0.5, 0.6) is 0 Å². The van der Waals surface area contributed by atoms with E-state index in [1.54, 1.807) is 39.8 Å². The Morgan fingerprint density at radius 2 is 0.611 bits per heavy atom. The van der Waals surface area contributed by atoms with Crippen molar-refractivity contribution in [3.05, 3.63) is 238 Å². The number of carbonyl (C=O) groups is 4. The smallest absolute Gasteiger partial charge is 0.338 e. The lowest BCUT2D eigenvalue weighted by molar-refractivity contribution is 0.0511. The van der Waals surface area contributed by atoms with E-state index in [4.69, 9.17) is 18.9 Å². The highest BCUT2D eigenvalue weighted by atomic mass is 16.5. The Morgan fingerprint density at radius 3 is 0.931 bits per heavy atom. The van der Waals surface area contributed by atoms with E-state index in [0.29, 0.717) is 44.5 Å². The van der Waals surface area contributed by atoms with Gasteiger partial charge in [0.15, 0.2) is 0 Å². The highest BCUT2D eigenvalue weighted by Gasteiger charge is 2.34. The van der Waals surface area contributed by atoms with Gasteiger partial charge in [0.2, 0.25) is 0 Å². The zero-order valence-corrected chi connectivity index (χ0v) is 40.6. The summed E-state index contributed by atoms with van der Waals surface area (Å²) < 4.78 is 22.0. The average molecular weight is 949 g/mol. The summed E-state index contributed by atoms with van der Waals surface area (Å²) >= 11 is 0. The Bertz CT molecular complexity index is 3140. The van der Waals surface area contributed by atoms with Gasteiger partial charge in [-0.05, 0) is 129 Å². The molecule has 2 unspecified atom stereocenters. The van der Waals surface area contributed by atoms with Crippen LogP contribution in [0.25, 0.3) is 55.6 Å². The van der Waals surface area contributed by atoms with E-state index < -0.39 is 23.9 Å². The monoisotopic (exact) mass is 948 g/mol. The highest BCUT2D eigenvalue weighted by Crippen LogP contribution is 2.51. The van der Waals surface area contributed by atoms with Crippen LogP contribution >= 0.6 is 0 Å². The van der Waals surface area contributed by atoms with Crippen LogP contribution in [0.15, 0.2) is 182 Å². The minimum atomic E-state index is -0.515. The molecule has 0 fully saturated rings. The van der Waals surface area contributed by atoms with Gasteiger partial charge in [-0.2, -0.15) is 0 Å². The molecule has 72 heavy (non-hydrogen) atoms. The molecule has 0 radical (unpaired) electrons. The lowest BCUT2D eigenvalue weighted by Gasteiger charge is -2.19. The van der Waals surface area contributed by atoms with Crippen LogP contribution in [0.3, 0.4) is 0 Å². The number of rotatable bonds is 14. The van der Waals surface area contributed by atoms with E-state index in [1.165, 1.54) is 0 Å². The fraction of sp³-hybridized carbons (Fsp3) is 0.156. The number of carbonyl (C=O) groups excluding carboxylic acids is 4. The van der Waals surface area contributed by atoms with Gasteiger partial charge in [-0.3, -0.25) is 0 Å². The minimum Gasteiger partial charge on any atom is -0.462 e. The topological polar surface area (TPSA) is 105 Å². The van der Waals surface area contributed by atoms with Gasteiger partial charge in [0.05, 0.1) is 48.7 Å². The summed E-state index contributed by atoms with van der Waals surface area (Å²) in [6.07, 6.45) is 0. The first-order valence-corrected chi connectivity index (χ1v) is 24.5. The first kappa shape index (κ1) is 47.1. The molecule has 8 heteroatoms. The van der Waals surface area contributed by atoms with E-state index in [9.17, 15) is 19.2 Å². The molecule has 0 heterocycles. The summed E-state index contributed by atoms with van der Waals surface area (Å²) in [6, 6.07) is 61.5. The molecule has 0 aromatic carbocycles. The molecule has 0 aromatic heterocycles. The van der Waals surface area contributed by atoms with E-state index in [0.717, 1.165) is 66.8 Å². The summed E-state index contributed by atoms with van der Waals surface area (Å²) in [4.78, 5) is 54.1. The van der Waals surface area contributed by atoms with Gasteiger partial charge >= 0.3 is 23.9 Å². The van der Waals surface area contributed by atoms with Crippen LogP contribution in [0, 0.1) is 0 Å². The Hall–Kier alpha value is -8.62. The van der Waals surface area contributed by atoms with Crippen molar-refractivity contribution in [2.24, 2.45) is 0 Å². The first-order chi connectivity index (χ1) is 35.2. The Labute approximate surface area is 419 Å². The number of esters is 4. The average Bonchev–Trinajstić information content (AvgIpc) is 3.99. The van der Waals surface area contributed by atoms with Crippen molar-refractivity contribution in [1.29, 1.82) is 0 Å².